The molecule has 0 atom stereocenters. The number of carbonyl (C=O) groups is 1. The molecule has 1 amide bonds. The Morgan fingerprint density at radius 2 is 1.95 bits per heavy atom. The Labute approximate surface area is 136 Å². The normalized spacial score (nSPS) is 12.3. The van der Waals surface area contributed by atoms with Gasteiger partial charge in [-0.2, -0.15) is 4.31 Å². The van der Waals surface area contributed by atoms with Gasteiger partial charge >= 0.3 is 0 Å². The van der Waals surface area contributed by atoms with Crippen LogP contribution in [0, 0.1) is 0 Å². The number of methoxy groups -OCH3 is 1. The van der Waals surface area contributed by atoms with Crippen molar-refractivity contribution in [1.29, 1.82) is 0 Å². The average Bonchev–Trinajstić information content (AvgIpc) is 2.35. The third-order valence-corrected chi connectivity index (χ3v) is 4.81. The summed E-state index contributed by atoms with van der Waals surface area (Å²) in [6, 6.07) is 4.16. The smallest absolute Gasteiger partial charge is 0.243 e. The minimum absolute atomic E-state index is 0.00404. The number of hydrogen-bond donors (Lipinski definition) is 1. The molecule has 6 nitrogen and oxygen atoms in total. The molecule has 1 aromatic rings. The van der Waals surface area contributed by atoms with E-state index in [1.165, 1.54) is 32.4 Å². The van der Waals surface area contributed by atoms with Gasteiger partial charge in [0.2, 0.25) is 15.9 Å². The van der Waals surface area contributed by atoms with Crippen LogP contribution in [-0.2, 0) is 14.8 Å². The number of hydrogen-bond acceptors (Lipinski definition) is 4. The van der Waals surface area contributed by atoms with Crippen molar-refractivity contribution < 1.29 is 17.9 Å². The van der Waals surface area contributed by atoms with Gasteiger partial charge in [0, 0.05) is 12.6 Å². The Balaban J connectivity index is 2.94. The highest BCUT2D eigenvalue weighted by molar-refractivity contribution is 7.89. The summed E-state index contributed by atoms with van der Waals surface area (Å²) in [6.07, 6.45) is 0. The lowest BCUT2D eigenvalue weighted by Gasteiger charge is -2.23. The summed E-state index contributed by atoms with van der Waals surface area (Å²) in [5, 5.41) is 2.90. The van der Waals surface area contributed by atoms with Crippen LogP contribution in [0.1, 0.15) is 20.8 Å². The molecular weight excluding hydrogens is 328 g/mol. The maximum absolute atomic E-state index is 12.4. The Morgan fingerprint density at radius 3 is 2.41 bits per heavy atom. The van der Waals surface area contributed by atoms with Crippen molar-refractivity contribution >= 4 is 27.5 Å². The minimum atomic E-state index is -3.80. The number of benzene rings is 1. The first kappa shape index (κ1) is 18.7. The third-order valence-electron chi connectivity index (χ3n) is 2.71. The van der Waals surface area contributed by atoms with E-state index in [-0.39, 0.29) is 22.4 Å². The molecule has 0 heterocycles. The van der Waals surface area contributed by atoms with Crippen LogP contribution in [0.4, 0.5) is 0 Å². The van der Waals surface area contributed by atoms with E-state index in [1.807, 2.05) is 20.8 Å². The maximum atomic E-state index is 12.4. The van der Waals surface area contributed by atoms with Crippen LogP contribution in [0.25, 0.3) is 0 Å². The standard InChI is InChI=1S/C14H21ClN2O4S/c1-14(2,3)16-13(18)9-17(4)22(19,20)10-6-7-12(21-5)11(15)8-10/h6-8H,9H2,1-5H3,(H,16,18). The molecule has 22 heavy (non-hydrogen) atoms. The number of nitrogens with one attached hydrogen (secondary N) is 1. The molecule has 0 unspecified atom stereocenters. The zero-order chi connectivity index (χ0) is 17.1. The molecule has 0 aliphatic rings. The molecule has 0 radical (unpaired) electrons. The van der Waals surface area contributed by atoms with Crippen molar-refractivity contribution in [3.63, 3.8) is 0 Å². The second kappa shape index (κ2) is 6.85. The lowest BCUT2D eigenvalue weighted by molar-refractivity contribution is -0.122. The van der Waals surface area contributed by atoms with Crippen molar-refractivity contribution in [2.75, 3.05) is 20.7 Å². The SMILES string of the molecule is COc1ccc(S(=O)(=O)N(C)CC(=O)NC(C)(C)C)cc1Cl. The van der Waals surface area contributed by atoms with Gasteiger partial charge in [-0.15, -0.1) is 0 Å². The average molecular weight is 349 g/mol. The molecule has 8 heteroatoms. The predicted octanol–water partition coefficient (Wildman–Crippen LogP) is 1.88. The summed E-state index contributed by atoms with van der Waals surface area (Å²) in [5.74, 6) is 0.00642. The van der Waals surface area contributed by atoms with Crippen LogP contribution in [0.5, 0.6) is 5.75 Å². The van der Waals surface area contributed by atoms with E-state index in [0.29, 0.717) is 5.75 Å². The highest BCUT2D eigenvalue weighted by Gasteiger charge is 2.25. The van der Waals surface area contributed by atoms with Crippen LogP contribution in [0.3, 0.4) is 0 Å². The molecule has 0 saturated carbocycles. The Morgan fingerprint density at radius 1 is 1.36 bits per heavy atom. The molecule has 0 aromatic heterocycles. The van der Waals surface area contributed by atoms with Gasteiger partial charge in [0.25, 0.3) is 0 Å². The second-order valence-electron chi connectivity index (χ2n) is 5.86. The molecular formula is C14H21ClN2O4S. The molecule has 0 bridgehead atoms. The molecule has 0 aliphatic carbocycles. The van der Waals surface area contributed by atoms with E-state index >= 15 is 0 Å². The van der Waals surface area contributed by atoms with E-state index in [1.54, 1.807) is 0 Å². The molecule has 1 aromatic carbocycles. The first-order chi connectivity index (χ1) is 9.97. The second-order valence-corrected chi connectivity index (χ2v) is 8.31. The van der Waals surface area contributed by atoms with Gasteiger partial charge in [-0.05, 0) is 39.0 Å². The van der Waals surface area contributed by atoms with Crippen LogP contribution in [-0.4, -0.2) is 44.9 Å². The fraction of sp³-hybridized carbons (Fsp3) is 0.500. The minimum Gasteiger partial charge on any atom is -0.495 e. The number of ether oxygens (including phenoxy) is 1. The van der Waals surface area contributed by atoms with Crippen LogP contribution in [0.2, 0.25) is 5.02 Å². The van der Waals surface area contributed by atoms with Crippen LogP contribution >= 0.6 is 11.6 Å². The Hall–Kier alpha value is -1.31. The topological polar surface area (TPSA) is 75.7 Å². The maximum Gasteiger partial charge on any atom is 0.243 e. The van der Waals surface area contributed by atoms with Crippen molar-refractivity contribution in [3.8, 4) is 5.75 Å². The summed E-state index contributed by atoms with van der Waals surface area (Å²) in [7, 11) is -1.02. The van der Waals surface area contributed by atoms with Crippen LogP contribution < -0.4 is 10.1 Å². The van der Waals surface area contributed by atoms with Crippen LogP contribution in [0.15, 0.2) is 23.1 Å². The summed E-state index contributed by atoms with van der Waals surface area (Å²) in [5.41, 5.74) is -0.425. The van der Waals surface area contributed by atoms with E-state index in [2.05, 4.69) is 5.32 Å². The van der Waals surface area contributed by atoms with Crippen molar-refractivity contribution in [2.24, 2.45) is 0 Å². The van der Waals surface area contributed by atoms with Gasteiger partial charge in [-0.1, -0.05) is 11.6 Å². The van der Waals surface area contributed by atoms with Gasteiger partial charge in [0.1, 0.15) is 5.75 Å². The molecule has 0 spiro atoms. The molecule has 0 fully saturated rings. The number of carbonyl (C=O) groups excluding carboxylic acids is 1. The Kier molecular flexibility index (Phi) is 5.83. The zero-order valence-electron chi connectivity index (χ0n) is 13.3. The highest BCUT2D eigenvalue weighted by Crippen LogP contribution is 2.28. The predicted molar refractivity (Wildman–Crippen MR) is 85.7 cm³/mol. The number of likely N-dealkylation sites (N-methyl/N-ethyl adjacent to an activating group) is 1. The number of amides is 1. The van der Waals surface area contributed by atoms with E-state index < -0.39 is 15.6 Å². The molecule has 0 aliphatic heterocycles. The zero-order valence-corrected chi connectivity index (χ0v) is 14.9. The summed E-state index contributed by atoms with van der Waals surface area (Å²) < 4.78 is 30.8. The van der Waals surface area contributed by atoms with Gasteiger partial charge < -0.3 is 10.1 Å². The molecule has 0 saturated heterocycles. The van der Waals surface area contributed by atoms with Gasteiger partial charge in [-0.25, -0.2) is 8.42 Å². The van der Waals surface area contributed by atoms with Crippen molar-refractivity contribution in [3.05, 3.63) is 23.2 Å². The Bertz CT molecular complexity index is 653. The highest BCUT2D eigenvalue weighted by atomic mass is 35.5. The summed E-state index contributed by atoms with van der Waals surface area (Å²) in [6.45, 7) is 5.19. The van der Waals surface area contributed by atoms with Gasteiger partial charge in [-0.3, -0.25) is 4.79 Å². The monoisotopic (exact) mass is 348 g/mol. The molecule has 1 rings (SSSR count). The summed E-state index contributed by atoms with van der Waals surface area (Å²) >= 11 is 5.95. The summed E-state index contributed by atoms with van der Waals surface area (Å²) in [4.78, 5) is 11.9. The van der Waals surface area contributed by atoms with Crippen molar-refractivity contribution in [2.45, 2.75) is 31.2 Å². The largest absolute Gasteiger partial charge is 0.495 e. The lowest BCUT2D eigenvalue weighted by atomic mass is 10.1. The number of halogens is 1. The van der Waals surface area contributed by atoms with E-state index in [4.69, 9.17) is 16.3 Å². The van der Waals surface area contributed by atoms with E-state index in [9.17, 15) is 13.2 Å². The van der Waals surface area contributed by atoms with Gasteiger partial charge in [0.15, 0.2) is 0 Å². The fourth-order valence-corrected chi connectivity index (χ4v) is 3.21. The number of nitrogens with zero attached hydrogens (tertiary/aromatic N) is 1. The lowest BCUT2D eigenvalue weighted by Crippen LogP contribution is -2.46. The fourth-order valence-electron chi connectivity index (χ4n) is 1.73. The van der Waals surface area contributed by atoms with E-state index in [0.717, 1.165) is 4.31 Å². The first-order valence-corrected chi connectivity index (χ1v) is 8.40. The number of sulfonamides is 1. The van der Waals surface area contributed by atoms with Gasteiger partial charge in [0.05, 0.1) is 23.6 Å². The van der Waals surface area contributed by atoms with Crippen molar-refractivity contribution in [1.82, 2.24) is 9.62 Å². The number of rotatable bonds is 5. The third kappa shape index (κ3) is 4.86. The molecule has 124 valence electrons. The molecule has 1 N–H and O–H groups in total. The first-order valence-electron chi connectivity index (χ1n) is 6.58. The quantitative estimate of drug-likeness (QED) is 0.881.